The van der Waals surface area contributed by atoms with Crippen LogP contribution in [0.4, 0.5) is 10.1 Å². The zero-order valence-corrected chi connectivity index (χ0v) is 16.1. The maximum atomic E-state index is 13.1. The fraction of sp³-hybridized carbons (Fsp3) is 0.143. The first kappa shape index (κ1) is 19.7. The Morgan fingerprint density at radius 2 is 1.86 bits per heavy atom. The molecule has 2 aromatic rings. The Kier molecular flexibility index (Phi) is 6.16. The van der Waals surface area contributed by atoms with Crippen molar-refractivity contribution in [3.8, 4) is 5.75 Å². The van der Waals surface area contributed by atoms with Crippen LogP contribution in [-0.4, -0.2) is 29.8 Å². The number of halogens is 1. The molecule has 5 nitrogen and oxygen atoms in total. The highest BCUT2D eigenvalue weighted by atomic mass is 32.2. The normalized spacial score (nSPS) is 16.7. The van der Waals surface area contributed by atoms with E-state index < -0.39 is 5.97 Å². The molecule has 0 amide bonds. The number of nitrogens with zero attached hydrogens (tertiary/aromatic N) is 1. The Balaban J connectivity index is 2.00. The molecule has 2 aromatic carbocycles. The number of methoxy groups -OCH3 is 1. The summed E-state index contributed by atoms with van der Waals surface area (Å²) in [6.45, 7) is 1.85. The van der Waals surface area contributed by atoms with Gasteiger partial charge in [0.05, 0.1) is 24.3 Å². The summed E-state index contributed by atoms with van der Waals surface area (Å²) in [5.41, 5.74) is 1.28. The van der Waals surface area contributed by atoms with Crippen molar-refractivity contribution in [3.05, 3.63) is 76.1 Å². The molecule has 0 aliphatic carbocycles. The van der Waals surface area contributed by atoms with Gasteiger partial charge in [-0.1, -0.05) is 23.9 Å². The topological polar surface area (TPSA) is 68.1 Å². The average Bonchev–Trinajstić information content (AvgIpc) is 2.99. The van der Waals surface area contributed by atoms with Crippen molar-refractivity contribution in [1.29, 1.82) is 0 Å². The molecular formula is C21H18FNO4S. The Hall–Kier alpha value is -3.06. The molecule has 0 bridgehead atoms. The van der Waals surface area contributed by atoms with E-state index in [4.69, 9.17) is 9.47 Å². The Morgan fingerprint density at radius 3 is 2.46 bits per heavy atom. The van der Waals surface area contributed by atoms with E-state index in [1.165, 1.54) is 24.3 Å². The highest BCUT2D eigenvalue weighted by molar-refractivity contribution is 8.18. The summed E-state index contributed by atoms with van der Waals surface area (Å²) < 4.78 is 23.3. The highest BCUT2D eigenvalue weighted by Gasteiger charge is 2.33. The Morgan fingerprint density at radius 1 is 1.18 bits per heavy atom. The van der Waals surface area contributed by atoms with E-state index in [9.17, 15) is 14.3 Å². The summed E-state index contributed by atoms with van der Waals surface area (Å²) in [5.74, 6) is -0.523. The minimum atomic E-state index is -0.661. The van der Waals surface area contributed by atoms with E-state index in [0.29, 0.717) is 21.4 Å². The van der Waals surface area contributed by atoms with Crippen LogP contribution in [0, 0.1) is 5.82 Å². The molecule has 7 heteroatoms. The lowest BCUT2D eigenvalue weighted by atomic mass is 10.1. The minimum Gasteiger partial charge on any atom is -0.506 e. The van der Waals surface area contributed by atoms with Gasteiger partial charge in [0, 0.05) is 0 Å². The fourth-order valence-electron chi connectivity index (χ4n) is 2.48. The van der Waals surface area contributed by atoms with Crippen molar-refractivity contribution in [2.45, 2.75) is 6.92 Å². The molecule has 144 valence electrons. The van der Waals surface area contributed by atoms with Gasteiger partial charge in [-0.05, 0) is 55.0 Å². The van der Waals surface area contributed by atoms with Gasteiger partial charge in [-0.2, -0.15) is 0 Å². The van der Waals surface area contributed by atoms with Gasteiger partial charge < -0.3 is 14.6 Å². The van der Waals surface area contributed by atoms with Crippen LogP contribution < -0.4 is 4.74 Å². The van der Waals surface area contributed by atoms with Crippen LogP contribution in [0.2, 0.25) is 0 Å². The number of carbonyl (C=O) groups is 1. The third kappa shape index (κ3) is 4.43. The smallest absolute Gasteiger partial charge is 0.344 e. The number of aliphatic hydroxyl groups is 1. The van der Waals surface area contributed by atoms with E-state index in [2.05, 4.69) is 4.99 Å². The number of carbonyl (C=O) groups excluding carboxylic acids is 1. The molecule has 1 aliphatic rings. The number of rotatable bonds is 5. The van der Waals surface area contributed by atoms with Gasteiger partial charge in [0.25, 0.3) is 0 Å². The number of thioether (sulfide) groups is 1. The van der Waals surface area contributed by atoms with Crippen LogP contribution in [0.3, 0.4) is 0 Å². The van der Waals surface area contributed by atoms with E-state index in [0.717, 1.165) is 17.3 Å². The number of ether oxygens (including phenoxy) is 2. The van der Waals surface area contributed by atoms with Crippen molar-refractivity contribution in [2.75, 3.05) is 13.7 Å². The summed E-state index contributed by atoms with van der Waals surface area (Å²) in [4.78, 5) is 17.2. The number of esters is 1. The molecule has 1 heterocycles. The van der Waals surface area contributed by atoms with Gasteiger partial charge in [0.2, 0.25) is 0 Å². The molecular weight excluding hydrogens is 381 g/mol. The second-order valence-electron chi connectivity index (χ2n) is 5.72. The number of aliphatic hydroxyl groups excluding tert-OH is 1. The molecule has 0 saturated carbocycles. The monoisotopic (exact) mass is 399 g/mol. The molecule has 1 aliphatic heterocycles. The van der Waals surface area contributed by atoms with Gasteiger partial charge in [-0.3, -0.25) is 0 Å². The Labute approximate surface area is 166 Å². The summed E-state index contributed by atoms with van der Waals surface area (Å²) in [7, 11) is 1.58. The van der Waals surface area contributed by atoms with Crippen LogP contribution in [0.15, 0.2) is 69.8 Å². The molecule has 0 atom stereocenters. The average molecular weight is 399 g/mol. The maximum absolute atomic E-state index is 13.1. The molecule has 1 N–H and O–H groups in total. The largest absolute Gasteiger partial charge is 0.506 e. The number of hydrogen-bond donors (Lipinski definition) is 1. The molecule has 0 radical (unpaired) electrons. The molecule has 3 rings (SSSR count). The maximum Gasteiger partial charge on any atom is 0.344 e. The fourth-order valence-corrected chi connectivity index (χ4v) is 3.51. The van der Waals surface area contributed by atoms with Crippen LogP contribution in [0.1, 0.15) is 12.5 Å². The lowest BCUT2D eigenvalue weighted by Crippen LogP contribution is -2.12. The molecule has 0 spiro atoms. The van der Waals surface area contributed by atoms with Crippen molar-refractivity contribution < 1.29 is 23.8 Å². The second kappa shape index (κ2) is 8.75. The number of aliphatic imine (C=N–C) groups is 1. The lowest BCUT2D eigenvalue weighted by Gasteiger charge is -2.03. The van der Waals surface area contributed by atoms with Gasteiger partial charge >= 0.3 is 5.97 Å². The van der Waals surface area contributed by atoms with Gasteiger partial charge in [0.1, 0.15) is 27.9 Å². The first-order valence-electron chi connectivity index (χ1n) is 8.50. The zero-order chi connectivity index (χ0) is 20.1. The SMILES string of the molecule is CCOC(=O)C1=C(O)C(=Cc2ccc(OC)cc2)SC1=Nc1ccc(F)cc1. The molecule has 0 unspecified atom stereocenters. The van der Waals surface area contributed by atoms with E-state index in [1.54, 1.807) is 32.2 Å². The quantitative estimate of drug-likeness (QED) is 0.715. The van der Waals surface area contributed by atoms with Crippen LogP contribution >= 0.6 is 11.8 Å². The van der Waals surface area contributed by atoms with Crippen LogP contribution in [-0.2, 0) is 9.53 Å². The summed E-state index contributed by atoms with van der Waals surface area (Å²) in [6.07, 6.45) is 1.74. The molecule has 28 heavy (non-hydrogen) atoms. The van der Waals surface area contributed by atoms with Crippen molar-refractivity contribution in [2.24, 2.45) is 4.99 Å². The van der Waals surface area contributed by atoms with Gasteiger partial charge in [0.15, 0.2) is 0 Å². The number of hydrogen-bond acceptors (Lipinski definition) is 6. The van der Waals surface area contributed by atoms with Crippen molar-refractivity contribution in [3.63, 3.8) is 0 Å². The summed E-state index contributed by atoms with van der Waals surface area (Å²) in [5, 5.41) is 10.9. The highest BCUT2D eigenvalue weighted by Crippen LogP contribution is 2.40. The predicted molar refractivity (Wildman–Crippen MR) is 108 cm³/mol. The van der Waals surface area contributed by atoms with Gasteiger partial charge in [-0.15, -0.1) is 0 Å². The summed E-state index contributed by atoms with van der Waals surface area (Å²) in [6, 6.07) is 12.8. The zero-order valence-electron chi connectivity index (χ0n) is 15.3. The van der Waals surface area contributed by atoms with Crippen molar-refractivity contribution in [1.82, 2.24) is 0 Å². The molecule has 0 saturated heterocycles. The van der Waals surface area contributed by atoms with E-state index in [1.807, 2.05) is 12.1 Å². The van der Waals surface area contributed by atoms with Crippen LogP contribution in [0.25, 0.3) is 6.08 Å². The van der Waals surface area contributed by atoms with Crippen molar-refractivity contribution >= 4 is 34.5 Å². The predicted octanol–water partition coefficient (Wildman–Crippen LogP) is 5.03. The first-order valence-corrected chi connectivity index (χ1v) is 9.32. The lowest BCUT2D eigenvalue weighted by molar-refractivity contribution is -0.138. The molecule has 0 aromatic heterocycles. The summed E-state index contributed by atoms with van der Waals surface area (Å²) >= 11 is 1.15. The van der Waals surface area contributed by atoms with E-state index in [-0.39, 0.29) is 23.8 Å². The third-order valence-corrected chi connectivity index (χ3v) is 4.86. The number of benzene rings is 2. The minimum absolute atomic E-state index is 0.00376. The standard InChI is InChI=1S/C21H18FNO4S/c1-3-27-21(25)18-19(24)17(12-13-4-10-16(26-2)11-5-13)28-20(18)23-15-8-6-14(22)7-9-15/h4-12,24H,3H2,1-2H3. The molecule has 0 fully saturated rings. The third-order valence-electron chi connectivity index (χ3n) is 3.84. The second-order valence-corrected chi connectivity index (χ2v) is 6.75. The van der Waals surface area contributed by atoms with E-state index >= 15 is 0 Å². The Bertz CT molecular complexity index is 963. The van der Waals surface area contributed by atoms with Crippen LogP contribution in [0.5, 0.6) is 5.75 Å². The van der Waals surface area contributed by atoms with Gasteiger partial charge in [-0.25, -0.2) is 14.2 Å². The first-order chi connectivity index (χ1) is 13.5.